The molecule has 0 spiro atoms. The first kappa shape index (κ1) is 19.4. The highest BCUT2D eigenvalue weighted by Gasteiger charge is 2.16. The first-order valence-corrected chi connectivity index (χ1v) is 10.9. The van der Waals surface area contributed by atoms with Gasteiger partial charge in [-0.2, -0.15) is 0 Å². The van der Waals surface area contributed by atoms with Gasteiger partial charge in [0.1, 0.15) is 5.82 Å². The summed E-state index contributed by atoms with van der Waals surface area (Å²) >= 11 is 4.92. The van der Waals surface area contributed by atoms with Crippen LogP contribution in [-0.4, -0.2) is 38.8 Å². The van der Waals surface area contributed by atoms with Crippen molar-refractivity contribution in [1.82, 2.24) is 20.1 Å². The van der Waals surface area contributed by atoms with Gasteiger partial charge in [0.15, 0.2) is 0 Å². The number of amides is 1. The van der Waals surface area contributed by atoms with Crippen LogP contribution in [0.15, 0.2) is 33.9 Å². The molecule has 1 saturated carbocycles. The molecule has 0 aliphatic heterocycles. The fraction of sp³-hybridized carbons (Fsp3) is 0.526. The molecule has 140 valence electrons. The number of rotatable bonds is 8. The Balaban J connectivity index is 1.43. The average Bonchev–Trinajstić information content (AvgIpc) is 3.31. The molecule has 0 atom stereocenters. The van der Waals surface area contributed by atoms with Gasteiger partial charge in [0.05, 0.1) is 5.75 Å². The minimum absolute atomic E-state index is 0.0723. The van der Waals surface area contributed by atoms with E-state index in [9.17, 15) is 4.79 Å². The quantitative estimate of drug-likeness (QED) is 0.621. The van der Waals surface area contributed by atoms with Crippen LogP contribution < -0.4 is 0 Å². The highest BCUT2D eigenvalue weighted by atomic mass is 79.9. The Hall–Kier alpha value is -1.34. The van der Waals surface area contributed by atoms with Crippen molar-refractivity contribution in [1.29, 1.82) is 0 Å². The van der Waals surface area contributed by atoms with E-state index in [0.29, 0.717) is 17.5 Å². The fourth-order valence-corrected chi connectivity index (χ4v) is 4.47. The third-order valence-corrected chi connectivity index (χ3v) is 6.50. The van der Waals surface area contributed by atoms with Crippen LogP contribution in [0.3, 0.4) is 0 Å². The number of aromatic nitrogens is 3. The number of thioether (sulfide) groups is 1. The van der Waals surface area contributed by atoms with Crippen molar-refractivity contribution in [2.75, 3.05) is 12.8 Å². The summed E-state index contributed by atoms with van der Waals surface area (Å²) in [5.41, 5.74) is 1.10. The zero-order chi connectivity index (χ0) is 18.4. The predicted molar refractivity (Wildman–Crippen MR) is 108 cm³/mol. The van der Waals surface area contributed by atoms with Crippen LogP contribution >= 0.6 is 27.7 Å². The van der Waals surface area contributed by atoms with Crippen LogP contribution in [0.5, 0.6) is 0 Å². The Bertz CT molecular complexity index is 730. The van der Waals surface area contributed by atoms with E-state index in [1.165, 1.54) is 43.9 Å². The van der Waals surface area contributed by atoms with Crippen LogP contribution in [-0.2, 0) is 17.8 Å². The van der Waals surface area contributed by atoms with Gasteiger partial charge in [0, 0.05) is 24.5 Å². The van der Waals surface area contributed by atoms with Crippen LogP contribution in [0, 0.1) is 5.92 Å². The highest BCUT2D eigenvalue weighted by Crippen LogP contribution is 2.28. The molecule has 5 nitrogen and oxygen atoms in total. The summed E-state index contributed by atoms with van der Waals surface area (Å²) in [5, 5.41) is 7.92. The van der Waals surface area contributed by atoms with Gasteiger partial charge in [0.25, 0.3) is 0 Å². The Morgan fingerprint density at radius 1 is 1.35 bits per heavy atom. The molecule has 0 radical (unpaired) electrons. The zero-order valence-electron chi connectivity index (χ0n) is 15.1. The molecular formula is C19H25BrN4OS. The molecule has 26 heavy (non-hydrogen) atoms. The van der Waals surface area contributed by atoms with Crippen LogP contribution in [0.25, 0.3) is 0 Å². The molecule has 0 bridgehead atoms. The number of nitrogens with zero attached hydrogens (tertiary/aromatic N) is 3. The monoisotopic (exact) mass is 436 g/mol. The summed E-state index contributed by atoms with van der Waals surface area (Å²) < 4.78 is 1.02. The average molecular weight is 437 g/mol. The number of nitrogens with one attached hydrogen (secondary N) is 1. The van der Waals surface area contributed by atoms with Crippen molar-refractivity contribution in [3.05, 3.63) is 40.1 Å². The van der Waals surface area contributed by atoms with Gasteiger partial charge in [-0.05, 0) is 24.0 Å². The van der Waals surface area contributed by atoms with E-state index in [0.717, 1.165) is 28.2 Å². The smallest absolute Gasteiger partial charge is 0.233 e. The van der Waals surface area contributed by atoms with Gasteiger partial charge in [-0.1, -0.05) is 71.6 Å². The highest BCUT2D eigenvalue weighted by molar-refractivity contribution is 9.10. The molecule has 1 amide bonds. The minimum Gasteiger partial charge on any atom is -0.341 e. The summed E-state index contributed by atoms with van der Waals surface area (Å²) in [4.78, 5) is 18.6. The molecule has 0 saturated heterocycles. The second-order valence-corrected chi connectivity index (χ2v) is 8.68. The van der Waals surface area contributed by atoms with Crippen LogP contribution in [0.2, 0.25) is 0 Å². The standard InChI is InChI=1S/C19H25BrN4OS/c1-24(12-15-8-4-5-9-16(15)20)18(25)13-26-19-21-17(22-23-19)11-10-14-6-2-3-7-14/h4-5,8-9,14H,2-3,6-7,10-13H2,1H3,(H,21,22,23). The lowest BCUT2D eigenvalue weighted by Crippen LogP contribution is -2.28. The van der Waals surface area contributed by atoms with Crippen molar-refractivity contribution >= 4 is 33.6 Å². The number of hydrogen-bond acceptors (Lipinski definition) is 4. The lowest BCUT2D eigenvalue weighted by atomic mass is 10.0. The summed E-state index contributed by atoms with van der Waals surface area (Å²) in [5.74, 6) is 2.21. The van der Waals surface area contributed by atoms with Crippen molar-refractivity contribution in [2.45, 2.75) is 50.2 Å². The first-order chi connectivity index (χ1) is 12.6. The summed E-state index contributed by atoms with van der Waals surface area (Å²) in [6.45, 7) is 0.585. The fourth-order valence-electron chi connectivity index (χ4n) is 3.30. The molecule has 7 heteroatoms. The van der Waals surface area contributed by atoms with E-state index in [1.807, 2.05) is 31.3 Å². The molecule has 1 aliphatic carbocycles. The number of halogens is 1. The number of aryl methyl sites for hydroxylation is 1. The topological polar surface area (TPSA) is 61.9 Å². The van der Waals surface area contributed by atoms with E-state index in [-0.39, 0.29) is 5.91 Å². The maximum atomic E-state index is 12.4. The Kier molecular flexibility index (Phi) is 7.14. The SMILES string of the molecule is CN(Cc1ccccc1Br)C(=O)CSc1n[nH]c(CCC2CCCC2)n1. The number of H-pyrrole nitrogens is 1. The Morgan fingerprint density at radius 2 is 2.12 bits per heavy atom. The molecule has 1 aliphatic rings. The number of aromatic amines is 1. The third-order valence-electron chi connectivity index (χ3n) is 4.89. The van der Waals surface area contributed by atoms with E-state index in [1.54, 1.807) is 4.90 Å². The van der Waals surface area contributed by atoms with Crippen LogP contribution in [0.1, 0.15) is 43.5 Å². The van der Waals surface area contributed by atoms with E-state index in [2.05, 4.69) is 31.1 Å². The lowest BCUT2D eigenvalue weighted by molar-refractivity contribution is -0.127. The maximum absolute atomic E-state index is 12.4. The molecule has 3 rings (SSSR count). The number of carbonyl (C=O) groups excluding carboxylic acids is 1. The summed E-state index contributed by atoms with van der Waals surface area (Å²) in [7, 11) is 1.83. The lowest BCUT2D eigenvalue weighted by Gasteiger charge is -2.17. The first-order valence-electron chi connectivity index (χ1n) is 9.13. The largest absolute Gasteiger partial charge is 0.341 e. The summed E-state index contributed by atoms with van der Waals surface area (Å²) in [6.07, 6.45) is 7.60. The molecule has 1 fully saturated rings. The summed E-state index contributed by atoms with van der Waals surface area (Å²) in [6, 6.07) is 7.96. The molecule has 0 unspecified atom stereocenters. The van der Waals surface area contributed by atoms with Crippen molar-refractivity contribution in [3.8, 4) is 0 Å². The van der Waals surface area contributed by atoms with E-state index in [4.69, 9.17) is 0 Å². The number of carbonyl (C=O) groups is 1. The van der Waals surface area contributed by atoms with Crippen molar-refractivity contribution < 1.29 is 4.79 Å². The second-order valence-electron chi connectivity index (χ2n) is 6.88. The predicted octanol–water partition coefficient (Wildman–Crippen LogP) is 4.44. The Morgan fingerprint density at radius 3 is 2.88 bits per heavy atom. The minimum atomic E-state index is 0.0723. The normalized spacial score (nSPS) is 14.7. The van der Waals surface area contributed by atoms with Gasteiger partial charge in [-0.25, -0.2) is 4.98 Å². The maximum Gasteiger partial charge on any atom is 0.233 e. The van der Waals surface area contributed by atoms with Crippen molar-refractivity contribution in [3.63, 3.8) is 0 Å². The number of benzene rings is 1. The molecule has 1 aromatic heterocycles. The molecule has 1 aromatic carbocycles. The molecule has 1 N–H and O–H groups in total. The number of hydrogen-bond donors (Lipinski definition) is 1. The van der Waals surface area contributed by atoms with Gasteiger partial charge in [-0.3, -0.25) is 9.89 Å². The molecule has 2 aromatic rings. The van der Waals surface area contributed by atoms with Gasteiger partial charge < -0.3 is 4.90 Å². The Labute approximate surface area is 167 Å². The zero-order valence-corrected chi connectivity index (χ0v) is 17.5. The van der Waals surface area contributed by atoms with Gasteiger partial charge >= 0.3 is 0 Å². The van der Waals surface area contributed by atoms with Crippen LogP contribution in [0.4, 0.5) is 0 Å². The van der Waals surface area contributed by atoms with E-state index < -0.39 is 0 Å². The van der Waals surface area contributed by atoms with Gasteiger partial charge in [-0.15, -0.1) is 5.10 Å². The third kappa shape index (κ3) is 5.58. The van der Waals surface area contributed by atoms with Gasteiger partial charge in [0.2, 0.25) is 11.1 Å². The molecule has 1 heterocycles. The molecular weight excluding hydrogens is 412 g/mol. The van der Waals surface area contributed by atoms with E-state index >= 15 is 0 Å². The second kappa shape index (κ2) is 9.55. The van der Waals surface area contributed by atoms with Crippen molar-refractivity contribution in [2.24, 2.45) is 5.92 Å².